The molecule has 0 bridgehead atoms. The first kappa shape index (κ1) is 35.1. The molecule has 3 aromatic carbocycles. The molecule has 3 aromatic rings. The van der Waals surface area contributed by atoms with Crippen molar-refractivity contribution in [2.45, 2.75) is 91.5 Å². The number of para-hydroxylation sites is 1. The van der Waals surface area contributed by atoms with E-state index in [1.165, 1.54) is 0 Å². The number of aryl methyl sites for hydroxylation is 1. The number of anilines is 1. The normalized spacial score (nSPS) is 13.3. The number of amides is 3. The van der Waals surface area contributed by atoms with Crippen molar-refractivity contribution in [3.05, 3.63) is 108 Å². The van der Waals surface area contributed by atoms with Crippen molar-refractivity contribution in [1.29, 1.82) is 0 Å². The maximum atomic E-state index is 14.9. The Hall–Kier alpha value is -4.39. The number of benzene rings is 3. The van der Waals surface area contributed by atoms with Gasteiger partial charge in [-0.25, -0.2) is 4.79 Å². The molecule has 3 amide bonds. The van der Waals surface area contributed by atoms with Gasteiger partial charge in [0.2, 0.25) is 5.91 Å². The molecule has 0 saturated heterocycles. The van der Waals surface area contributed by atoms with E-state index in [1.54, 1.807) is 31.7 Å². The van der Waals surface area contributed by atoms with E-state index < -0.39 is 23.8 Å². The molecule has 0 aliphatic heterocycles. The Labute approximate surface area is 269 Å². The highest BCUT2D eigenvalue weighted by Gasteiger charge is 2.39. The van der Waals surface area contributed by atoms with E-state index in [-0.39, 0.29) is 24.3 Å². The summed E-state index contributed by atoms with van der Waals surface area (Å²) in [5.74, 6) is -0.311. The van der Waals surface area contributed by atoms with Gasteiger partial charge < -0.3 is 20.3 Å². The van der Waals surface area contributed by atoms with Gasteiger partial charge in [0.25, 0.3) is 5.91 Å². The fraction of sp³-hybridized carbons (Fsp3) is 0.395. The molecule has 2 N–H and O–H groups in total. The van der Waals surface area contributed by atoms with Gasteiger partial charge in [-0.05, 0) is 87.8 Å². The standard InChI is InChI=1S/C38H49N3O4/c1-9-29-19-15-20-31(24-29)34(35(42)39-32-21-14-13-16-27(32)4)41(28(5)23-22-26(2)3)36(43)33(25-30-17-11-10-12-18-30)40-37(44)45-38(6,7)8/h9-21,24,26,28,33-34H,1,22-23,25H2,2-8H3,(H,39,42)(H,40,44). The third kappa shape index (κ3) is 10.6. The third-order valence-corrected chi connectivity index (χ3v) is 7.55. The summed E-state index contributed by atoms with van der Waals surface area (Å²) in [6.45, 7) is 17.4. The van der Waals surface area contributed by atoms with Gasteiger partial charge in [-0.1, -0.05) is 93.2 Å². The highest BCUT2D eigenvalue weighted by atomic mass is 16.6. The molecular formula is C38H49N3O4. The predicted molar refractivity (Wildman–Crippen MR) is 183 cm³/mol. The molecule has 0 spiro atoms. The Morgan fingerprint density at radius 2 is 1.58 bits per heavy atom. The van der Waals surface area contributed by atoms with E-state index in [1.807, 2.05) is 92.7 Å². The largest absolute Gasteiger partial charge is 0.444 e. The van der Waals surface area contributed by atoms with E-state index in [0.29, 0.717) is 23.6 Å². The maximum absolute atomic E-state index is 14.9. The van der Waals surface area contributed by atoms with Crippen molar-refractivity contribution in [2.24, 2.45) is 5.92 Å². The van der Waals surface area contributed by atoms with Crippen molar-refractivity contribution in [2.75, 3.05) is 5.32 Å². The van der Waals surface area contributed by atoms with Crippen molar-refractivity contribution >= 4 is 29.7 Å². The number of hydrogen-bond acceptors (Lipinski definition) is 4. The quantitative estimate of drug-likeness (QED) is 0.204. The number of carbonyl (C=O) groups excluding carboxylic acids is 3. The van der Waals surface area contributed by atoms with Crippen LogP contribution in [0.3, 0.4) is 0 Å². The van der Waals surface area contributed by atoms with E-state index in [9.17, 15) is 14.4 Å². The molecule has 0 aromatic heterocycles. The number of nitrogens with zero attached hydrogens (tertiary/aromatic N) is 1. The van der Waals surface area contributed by atoms with Crippen LogP contribution in [0.5, 0.6) is 0 Å². The summed E-state index contributed by atoms with van der Waals surface area (Å²) in [6, 6.07) is 22.3. The summed E-state index contributed by atoms with van der Waals surface area (Å²) in [5.41, 5.74) is 3.17. The minimum Gasteiger partial charge on any atom is -0.444 e. The van der Waals surface area contributed by atoms with Crippen LogP contribution < -0.4 is 10.6 Å². The Balaban J connectivity index is 2.16. The molecule has 45 heavy (non-hydrogen) atoms. The molecule has 3 unspecified atom stereocenters. The minimum atomic E-state index is -0.988. The first-order valence-corrected chi connectivity index (χ1v) is 15.7. The number of ether oxygens (including phenoxy) is 1. The molecular weight excluding hydrogens is 562 g/mol. The van der Waals surface area contributed by atoms with E-state index in [2.05, 4.69) is 31.1 Å². The third-order valence-electron chi connectivity index (χ3n) is 7.55. The summed E-state index contributed by atoms with van der Waals surface area (Å²) in [5, 5.41) is 5.94. The zero-order chi connectivity index (χ0) is 33.1. The average molecular weight is 612 g/mol. The van der Waals surface area contributed by atoms with Gasteiger partial charge in [0, 0.05) is 18.2 Å². The molecule has 0 fully saturated rings. The molecule has 3 atom stereocenters. The SMILES string of the molecule is C=Cc1cccc(C(C(=O)Nc2ccccc2C)N(C(=O)C(Cc2ccccc2)NC(=O)OC(C)(C)C)C(C)CCC(C)C)c1. The molecule has 3 rings (SSSR count). The zero-order valence-corrected chi connectivity index (χ0v) is 27.8. The van der Waals surface area contributed by atoms with Crippen LogP contribution in [0.1, 0.15) is 82.7 Å². The molecule has 7 heteroatoms. The van der Waals surface area contributed by atoms with Crippen LogP contribution in [0.4, 0.5) is 10.5 Å². The molecule has 7 nitrogen and oxygen atoms in total. The van der Waals surface area contributed by atoms with Gasteiger partial charge in [0.05, 0.1) is 0 Å². The fourth-order valence-electron chi connectivity index (χ4n) is 5.20. The lowest BCUT2D eigenvalue weighted by atomic mass is 9.95. The monoisotopic (exact) mass is 611 g/mol. The van der Waals surface area contributed by atoms with Crippen molar-refractivity contribution in [1.82, 2.24) is 10.2 Å². The molecule has 240 valence electrons. The fourth-order valence-corrected chi connectivity index (χ4v) is 5.20. The Morgan fingerprint density at radius 3 is 2.20 bits per heavy atom. The van der Waals surface area contributed by atoms with Gasteiger partial charge in [0.15, 0.2) is 0 Å². The molecule has 0 aliphatic rings. The Morgan fingerprint density at radius 1 is 0.911 bits per heavy atom. The Kier molecular flexibility index (Phi) is 12.5. The van der Waals surface area contributed by atoms with E-state index in [4.69, 9.17) is 4.74 Å². The van der Waals surface area contributed by atoms with Crippen LogP contribution in [0, 0.1) is 12.8 Å². The maximum Gasteiger partial charge on any atom is 0.408 e. The first-order chi connectivity index (χ1) is 21.3. The van der Waals surface area contributed by atoms with Crippen LogP contribution in [0.2, 0.25) is 0 Å². The molecule has 0 saturated carbocycles. The summed E-state index contributed by atoms with van der Waals surface area (Å²) < 4.78 is 5.58. The smallest absolute Gasteiger partial charge is 0.408 e. The lowest BCUT2D eigenvalue weighted by Gasteiger charge is -2.39. The van der Waals surface area contributed by atoms with E-state index >= 15 is 0 Å². The van der Waals surface area contributed by atoms with Crippen molar-refractivity contribution < 1.29 is 19.1 Å². The first-order valence-electron chi connectivity index (χ1n) is 15.7. The second-order valence-electron chi connectivity index (χ2n) is 13.0. The Bertz CT molecular complexity index is 1440. The average Bonchev–Trinajstić information content (AvgIpc) is 2.98. The number of hydrogen-bond donors (Lipinski definition) is 2. The van der Waals surface area contributed by atoms with Gasteiger partial charge in [-0.15, -0.1) is 0 Å². The van der Waals surface area contributed by atoms with Gasteiger partial charge in [0.1, 0.15) is 17.7 Å². The second kappa shape index (κ2) is 16.1. The topological polar surface area (TPSA) is 87.7 Å². The van der Waals surface area contributed by atoms with Crippen molar-refractivity contribution in [3.63, 3.8) is 0 Å². The number of nitrogens with one attached hydrogen (secondary N) is 2. The zero-order valence-electron chi connectivity index (χ0n) is 27.8. The van der Waals surface area contributed by atoms with Crippen molar-refractivity contribution in [3.8, 4) is 0 Å². The van der Waals surface area contributed by atoms with Crippen LogP contribution in [-0.4, -0.2) is 40.5 Å². The summed E-state index contributed by atoms with van der Waals surface area (Å²) in [7, 11) is 0. The van der Waals surface area contributed by atoms with E-state index in [0.717, 1.165) is 23.1 Å². The molecule has 0 aliphatic carbocycles. The highest BCUT2D eigenvalue weighted by molar-refractivity contribution is 5.99. The van der Waals surface area contributed by atoms with Gasteiger partial charge in [-0.3, -0.25) is 9.59 Å². The van der Waals surface area contributed by atoms with Crippen LogP contribution in [0.25, 0.3) is 6.08 Å². The molecule has 0 radical (unpaired) electrons. The van der Waals surface area contributed by atoms with Gasteiger partial charge >= 0.3 is 6.09 Å². The lowest BCUT2D eigenvalue weighted by molar-refractivity contribution is -0.143. The van der Waals surface area contributed by atoms with Crippen LogP contribution in [0.15, 0.2) is 85.4 Å². The number of alkyl carbamates (subject to hydrolysis) is 1. The number of rotatable bonds is 13. The highest BCUT2D eigenvalue weighted by Crippen LogP contribution is 2.30. The van der Waals surface area contributed by atoms with Crippen LogP contribution in [-0.2, 0) is 20.7 Å². The summed E-state index contributed by atoms with van der Waals surface area (Å²) >= 11 is 0. The van der Waals surface area contributed by atoms with Gasteiger partial charge in [-0.2, -0.15) is 0 Å². The molecule has 0 heterocycles. The second-order valence-corrected chi connectivity index (χ2v) is 13.0. The minimum absolute atomic E-state index is 0.227. The lowest BCUT2D eigenvalue weighted by Crippen LogP contribution is -2.55. The summed E-state index contributed by atoms with van der Waals surface area (Å²) in [6.07, 6.45) is 2.78. The number of carbonyl (C=O) groups is 3. The predicted octanol–water partition coefficient (Wildman–Crippen LogP) is 8.11. The summed E-state index contributed by atoms with van der Waals surface area (Å²) in [4.78, 5) is 44.1. The van der Waals surface area contributed by atoms with Crippen LogP contribution >= 0.6 is 0 Å².